The Morgan fingerprint density at radius 2 is 1.77 bits per heavy atom. The molecule has 2 heterocycles. The number of fused-ring (bicyclic) bond motifs is 3. The van der Waals surface area contributed by atoms with Gasteiger partial charge in [-0.05, 0) is 64.3 Å². The topological polar surface area (TPSA) is 99.2 Å². The summed E-state index contributed by atoms with van der Waals surface area (Å²) in [6, 6.07) is 4.04. The molecule has 0 spiro atoms. The molecule has 1 unspecified atom stereocenters. The first kappa shape index (κ1) is 23.4. The summed E-state index contributed by atoms with van der Waals surface area (Å²) in [6.07, 6.45) is 2.78. The standard InChI is InChI=1S/C22H29NO7S/c1-21(2,3)29-18(24)11-10-14-8-7-9-15-16(12-19(25)30-22(4,5)6)23-17(20(14)15)13-28-31(23,26)27/h7-11,16-17H,12-13H2,1-6H3/b11-10+/t16-,17?/m0/s1. The van der Waals surface area contributed by atoms with Gasteiger partial charge in [-0.15, -0.1) is 0 Å². The van der Waals surface area contributed by atoms with Crippen LogP contribution in [0.3, 0.4) is 0 Å². The maximum Gasteiger partial charge on any atom is 0.339 e. The van der Waals surface area contributed by atoms with E-state index in [1.807, 2.05) is 0 Å². The first-order valence-electron chi connectivity index (χ1n) is 10.1. The van der Waals surface area contributed by atoms with Crippen molar-refractivity contribution >= 4 is 28.3 Å². The van der Waals surface area contributed by atoms with Crippen LogP contribution >= 0.6 is 0 Å². The van der Waals surface area contributed by atoms with Crippen LogP contribution < -0.4 is 0 Å². The summed E-state index contributed by atoms with van der Waals surface area (Å²) < 4.78 is 42.2. The summed E-state index contributed by atoms with van der Waals surface area (Å²) in [6.45, 7) is 10.5. The van der Waals surface area contributed by atoms with E-state index < -0.39 is 45.5 Å². The zero-order valence-electron chi connectivity index (χ0n) is 18.7. The highest BCUT2D eigenvalue weighted by Crippen LogP contribution is 2.51. The van der Waals surface area contributed by atoms with Gasteiger partial charge in [0.15, 0.2) is 0 Å². The van der Waals surface area contributed by atoms with Gasteiger partial charge in [0.05, 0.1) is 25.1 Å². The molecule has 1 saturated heterocycles. The molecule has 3 rings (SSSR count). The molecule has 8 nitrogen and oxygen atoms in total. The average molecular weight is 452 g/mol. The minimum absolute atomic E-state index is 0.0581. The zero-order valence-corrected chi connectivity index (χ0v) is 19.5. The predicted octanol–water partition coefficient (Wildman–Crippen LogP) is 3.45. The third-order valence-corrected chi connectivity index (χ3v) is 6.16. The Morgan fingerprint density at radius 3 is 2.39 bits per heavy atom. The molecule has 2 aliphatic heterocycles. The largest absolute Gasteiger partial charge is 0.460 e. The molecule has 9 heteroatoms. The quantitative estimate of drug-likeness (QED) is 0.511. The number of benzene rings is 1. The van der Waals surface area contributed by atoms with Gasteiger partial charge in [0.25, 0.3) is 0 Å². The Balaban J connectivity index is 1.96. The fourth-order valence-electron chi connectivity index (χ4n) is 3.82. The number of rotatable bonds is 4. The minimum Gasteiger partial charge on any atom is -0.460 e. The smallest absolute Gasteiger partial charge is 0.339 e. The van der Waals surface area contributed by atoms with E-state index in [2.05, 4.69) is 0 Å². The Kier molecular flexibility index (Phi) is 6.07. The van der Waals surface area contributed by atoms with Gasteiger partial charge in [-0.2, -0.15) is 12.7 Å². The number of carbonyl (C=O) groups is 2. The summed E-state index contributed by atoms with van der Waals surface area (Å²) in [5.74, 6) is -0.999. The van der Waals surface area contributed by atoms with Crippen LogP contribution in [0.2, 0.25) is 0 Å². The molecule has 0 aliphatic carbocycles. The van der Waals surface area contributed by atoms with E-state index >= 15 is 0 Å². The molecule has 170 valence electrons. The van der Waals surface area contributed by atoms with Crippen LogP contribution in [0, 0.1) is 0 Å². The van der Waals surface area contributed by atoms with Gasteiger partial charge in [0.1, 0.15) is 11.2 Å². The number of ether oxygens (including phenoxy) is 2. The lowest BCUT2D eigenvalue weighted by atomic mass is 9.95. The van der Waals surface area contributed by atoms with E-state index in [1.165, 1.54) is 10.4 Å². The molecular weight excluding hydrogens is 422 g/mol. The summed E-state index contributed by atoms with van der Waals surface area (Å²) in [5, 5.41) is 0. The molecule has 0 saturated carbocycles. The molecule has 2 atom stereocenters. The van der Waals surface area contributed by atoms with Gasteiger partial charge in [-0.1, -0.05) is 18.2 Å². The van der Waals surface area contributed by atoms with Gasteiger partial charge in [0, 0.05) is 6.08 Å². The predicted molar refractivity (Wildman–Crippen MR) is 114 cm³/mol. The second-order valence-corrected chi connectivity index (χ2v) is 11.1. The van der Waals surface area contributed by atoms with Crippen LogP contribution in [-0.2, 0) is 33.6 Å². The van der Waals surface area contributed by atoms with Crippen molar-refractivity contribution in [1.82, 2.24) is 4.31 Å². The normalized spacial score (nSPS) is 22.9. The molecule has 31 heavy (non-hydrogen) atoms. The molecule has 0 N–H and O–H groups in total. The van der Waals surface area contributed by atoms with E-state index in [0.717, 1.165) is 5.56 Å². The summed E-state index contributed by atoms with van der Waals surface area (Å²) in [7, 11) is -3.99. The molecule has 1 aromatic rings. The van der Waals surface area contributed by atoms with Crippen molar-refractivity contribution in [1.29, 1.82) is 0 Å². The lowest BCUT2D eigenvalue weighted by Crippen LogP contribution is -2.31. The maximum absolute atomic E-state index is 12.6. The van der Waals surface area contributed by atoms with Crippen molar-refractivity contribution < 1.29 is 31.7 Å². The van der Waals surface area contributed by atoms with Crippen LogP contribution in [0.25, 0.3) is 6.08 Å². The van der Waals surface area contributed by atoms with Crippen LogP contribution in [-0.4, -0.2) is 42.5 Å². The first-order valence-corrected chi connectivity index (χ1v) is 11.5. The van der Waals surface area contributed by atoms with Crippen LogP contribution in [0.1, 0.15) is 76.7 Å². The number of hydrogen-bond acceptors (Lipinski definition) is 7. The maximum atomic E-state index is 12.6. The van der Waals surface area contributed by atoms with Crippen molar-refractivity contribution in [2.75, 3.05) is 6.61 Å². The van der Waals surface area contributed by atoms with Crippen LogP contribution in [0.4, 0.5) is 0 Å². The van der Waals surface area contributed by atoms with Crippen molar-refractivity contribution in [2.45, 2.75) is 71.2 Å². The SMILES string of the molecule is CC(C)(C)OC(=O)/C=C/c1cccc2c1C1COS(=O)(=O)N1[C@H]2CC(=O)OC(C)(C)C. The van der Waals surface area contributed by atoms with E-state index in [-0.39, 0.29) is 13.0 Å². The molecule has 2 aliphatic rings. The summed E-state index contributed by atoms with van der Waals surface area (Å²) in [5.41, 5.74) is 0.788. The van der Waals surface area contributed by atoms with Crippen molar-refractivity contribution in [3.63, 3.8) is 0 Å². The molecular formula is C22H29NO7S. The van der Waals surface area contributed by atoms with Crippen molar-refractivity contribution in [3.05, 3.63) is 41.0 Å². The third-order valence-electron chi connectivity index (χ3n) is 4.70. The fourth-order valence-corrected chi connectivity index (χ4v) is 5.22. The third kappa shape index (κ3) is 5.34. The average Bonchev–Trinajstić information content (AvgIpc) is 3.06. The van der Waals surface area contributed by atoms with Gasteiger partial charge >= 0.3 is 22.2 Å². The van der Waals surface area contributed by atoms with Crippen molar-refractivity contribution in [3.8, 4) is 0 Å². The highest BCUT2D eigenvalue weighted by molar-refractivity contribution is 7.84. The van der Waals surface area contributed by atoms with E-state index in [0.29, 0.717) is 11.1 Å². The number of hydrogen-bond donors (Lipinski definition) is 0. The van der Waals surface area contributed by atoms with E-state index in [1.54, 1.807) is 65.8 Å². The Bertz CT molecular complexity index is 1020. The highest BCUT2D eigenvalue weighted by atomic mass is 32.2. The van der Waals surface area contributed by atoms with Gasteiger partial charge in [-0.3, -0.25) is 8.98 Å². The highest BCUT2D eigenvalue weighted by Gasteiger charge is 2.52. The second kappa shape index (κ2) is 8.03. The molecule has 0 radical (unpaired) electrons. The molecule has 1 fully saturated rings. The Labute approximate surface area is 183 Å². The summed E-state index contributed by atoms with van der Waals surface area (Å²) >= 11 is 0. The minimum atomic E-state index is -3.99. The van der Waals surface area contributed by atoms with E-state index in [4.69, 9.17) is 13.7 Å². The molecule has 0 amide bonds. The van der Waals surface area contributed by atoms with Crippen LogP contribution in [0.15, 0.2) is 24.3 Å². The first-order chi connectivity index (χ1) is 14.2. The number of nitrogens with zero attached hydrogens (tertiary/aromatic N) is 1. The Morgan fingerprint density at radius 1 is 1.13 bits per heavy atom. The van der Waals surface area contributed by atoms with Crippen LogP contribution in [0.5, 0.6) is 0 Å². The monoisotopic (exact) mass is 451 g/mol. The Hall–Kier alpha value is -2.23. The lowest BCUT2D eigenvalue weighted by Gasteiger charge is -2.24. The molecule has 1 aromatic carbocycles. The van der Waals surface area contributed by atoms with Gasteiger partial charge < -0.3 is 9.47 Å². The van der Waals surface area contributed by atoms with Crippen molar-refractivity contribution in [2.24, 2.45) is 0 Å². The molecule has 0 aromatic heterocycles. The lowest BCUT2D eigenvalue weighted by molar-refractivity contribution is -0.156. The van der Waals surface area contributed by atoms with E-state index in [9.17, 15) is 18.0 Å². The van der Waals surface area contributed by atoms with Gasteiger partial charge in [-0.25, -0.2) is 4.79 Å². The summed E-state index contributed by atoms with van der Waals surface area (Å²) in [4.78, 5) is 24.6. The van der Waals surface area contributed by atoms with Gasteiger partial charge in [0.2, 0.25) is 0 Å². The number of esters is 2. The zero-order chi connectivity index (χ0) is 23.2. The fraction of sp³-hybridized carbons (Fsp3) is 0.545. The number of carbonyl (C=O) groups excluding carboxylic acids is 2. The molecule has 0 bridgehead atoms. The second-order valence-electron chi connectivity index (χ2n) is 9.61.